The van der Waals surface area contributed by atoms with Crippen LogP contribution in [0.15, 0.2) is 30.6 Å². The Morgan fingerprint density at radius 1 is 1.45 bits per heavy atom. The highest BCUT2D eigenvalue weighted by Crippen LogP contribution is 2.18. The lowest BCUT2D eigenvalue weighted by atomic mass is 10.1. The number of rotatable bonds is 3. The second-order valence-electron chi connectivity index (χ2n) is 5.02. The zero-order chi connectivity index (χ0) is 14.2. The molecule has 0 radical (unpaired) electrons. The maximum Gasteiger partial charge on any atom is 0.224 e. The van der Waals surface area contributed by atoms with Gasteiger partial charge in [0.2, 0.25) is 5.91 Å². The highest BCUT2D eigenvalue weighted by atomic mass is 32.2. The Hall–Kier alpha value is -1.89. The molecule has 7 heteroatoms. The van der Waals surface area contributed by atoms with Crippen LogP contribution in [0.1, 0.15) is 12.1 Å². The van der Waals surface area contributed by atoms with Crippen molar-refractivity contribution in [2.45, 2.75) is 13.0 Å². The van der Waals surface area contributed by atoms with E-state index < -0.39 is 15.8 Å². The van der Waals surface area contributed by atoms with Crippen molar-refractivity contribution >= 4 is 21.4 Å². The minimum atomic E-state index is -3.02. The Morgan fingerprint density at radius 2 is 2.30 bits per heavy atom. The van der Waals surface area contributed by atoms with Crippen LogP contribution in [0.3, 0.4) is 0 Å². The number of hydrogen-bond acceptors (Lipinski definition) is 4. The van der Waals surface area contributed by atoms with E-state index in [-0.39, 0.29) is 17.4 Å². The Labute approximate surface area is 116 Å². The Morgan fingerprint density at radius 3 is 3.00 bits per heavy atom. The van der Waals surface area contributed by atoms with Crippen molar-refractivity contribution < 1.29 is 13.2 Å². The summed E-state index contributed by atoms with van der Waals surface area (Å²) in [6.45, 7) is 0.317. The van der Waals surface area contributed by atoms with E-state index >= 15 is 0 Å². The van der Waals surface area contributed by atoms with Gasteiger partial charge >= 0.3 is 0 Å². The molecule has 6 nitrogen and oxygen atoms in total. The van der Waals surface area contributed by atoms with Gasteiger partial charge in [0.05, 0.1) is 29.7 Å². The molecule has 2 aromatic rings. The van der Waals surface area contributed by atoms with Gasteiger partial charge in [0.25, 0.3) is 0 Å². The summed E-state index contributed by atoms with van der Waals surface area (Å²) in [6, 6.07) is 5.68. The normalized spacial score (nSPS) is 21.1. The molecule has 3 rings (SSSR count). The molecular formula is C13H15N3O3S. The van der Waals surface area contributed by atoms with Gasteiger partial charge in [-0.2, -0.15) is 0 Å². The van der Waals surface area contributed by atoms with E-state index in [4.69, 9.17) is 0 Å². The molecule has 1 aliphatic rings. The first kappa shape index (κ1) is 13.1. The van der Waals surface area contributed by atoms with Gasteiger partial charge in [-0.25, -0.2) is 13.4 Å². The summed E-state index contributed by atoms with van der Waals surface area (Å²) in [7, 11) is -3.02. The van der Waals surface area contributed by atoms with Gasteiger partial charge in [-0.3, -0.25) is 4.79 Å². The monoisotopic (exact) mass is 293 g/mol. The van der Waals surface area contributed by atoms with E-state index in [0.717, 1.165) is 11.3 Å². The Kier molecular flexibility index (Phi) is 3.21. The third-order valence-electron chi connectivity index (χ3n) is 3.46. The number of imidazole rings is 1. The molecule has 1 unspecified atom stereocenters. The van der Waals surface area contributed by atoms with Gasteiger partial charge in [-0.15, -0.1) is 0 Å². The van der Waals surface area contributed by atoms with Crippen LogP contribution in [0.2, 0.25) is 0 Å². The van der Waals surface area contributed by atoms with Crippen LogP contribution < -0.4 is 5.32 Å². The number of sulfone groups is 1. The van der Waals surface area contributed by atoms with E-state index in [0.29, 0.717) is 13.0 Å². The second kappa shape index (κ2) is 4.90. The molecule has 1 aliphatic heterocycles. The third-order valence-corrected chi connectivity index (χ3v) is 5.23. The molecule has 3 heterocycles. The van der Waals surface area contributed by atoms with Crippen LogP contribution in [-0.2, 0) is 21.2 Å². The Bertz CT molecular complexity index is 718. The van der Waals surface area contributed by atoms with Crippen LogP contribution in [0, 0.1) is 5.92 Å². The number of amides is 1. The van der Waals surface area contributed by atoms with Gasteiger partial charge in [0, 0.05) is 12.4 Å². The average molecular weight is 293 g/mol. The zero-order valence-electron chi connectivity index (χ0n) is 10.8. The number of carbonyl (C=O) groups excluding carboxylic acids is 1. The topological polar surface area (TPSA) is 80.5 Å². The van der Waals surface area contributed by atoms with Crippen molar-refractivity contribution in [1.82, 2.24) is 14.7 Å². The lowest BCUT2D eigenvalue weighted by Gasteiger charge is -2.07. The maximum atomic E-state index is 11.9. The number of nitrogens with zero attached hydrogens (tertiary/aromatic N) is 2. The average Bonchev–Trinajstić information content (AvgIpc) is 2.98. The molecule has 2 aromatic heterocycles. The smallest absolute Gasteiger partial charge is 0.224 e. The van der Waals surface area contributed by atoms with Gasteiger partial charge in [-0.1, -0.05) is 6.07 Å². The molecule has 106 valence electrons. The first-order valence-electron chi connectivity index (χ1n) is 6.44. The van der Waals surface area contributed by atoms with Gasteiger partial charge in [-0.05, 0) is 18.6 Å². The SMILES string of the molecule is O=C(NCc1cn2ccccc2n1)C1CCS(=O)(=O)C1. The van der Waals surface area contributed by atoms with E-state index in [1.54, 1.807) is 0 Å². The highest BCUT2D eigenvalue weighted by Gasteiger charge is 2.32. The lowest BCUT2D eigenvalue weighted by molar-refractivity contribution is -0.124. The third kappa shape index (κ3) is 2.67. The molecule has 1 amide bonds. The van der Waals surface area contributed by atoms with Gasteiger partial charge < -0.3 is 9.72 Å². The fourth-order valence-electron chi connectivity index (χ4n) is 2.40. The fourth-order valence-corrected chi connectivity index (χ4v) is 4.14. The second-order valence-corrected chi connectivity index (χ2v) is 7.24. The summed E-state index contributed by atoms with van der Waals surface area (Å²) in [5, 5.41) is 2.76. The molecule has 1 fully saturated rings. The van der Waals surface area contributed by atoms with Crippen molar-refractivity contribution in [3.8, 4) is 0 Å². The summed E-state index contributed by atoms with van der Waals surface area (Å²) >= 11 is 0. The number of nitrogens with one attached hydrogen (secondary N) is 1. The number of aromatic nitrogens is 2. The minimum absolute atomic E-state index is 0.0377. The fraction of sp³-hybridized carbons (Fsp3) is 0.385. The Balaban J connectivity index is 1.63. The number of carbonyl (C=O) groups is 1. The predicted octanol–water partition coefficient (Wildman–Crippen LogP) is 0.385. The van der Waals surface area contributed by atoms with Crippen LogP contribution in [0.4, 0.5) is 0 Å². The molecule has 0 bridgehead atoms. The van der Waals surface area contributed by atoms with Gasteiger partial charge in [0.15, 0.2) is 9.84 Å². The van der Waals surface area contributed by atoms with E-state index in [9.17, 15) is 13.2 Å². The summed E-state index contributed by atoms with van der Waals surface area (Å²) in [4.78, 5) is 16.3. The molecule has 20 heavy (non-hydrogen) atoms. The maximum absolute atomic E-state index is 11.9. The zero-order valence-corrected chi connectivity index (χ0v) is 11.6. The quantitative estimate of drug-likeness (QED) is 0.887. The van der Waals surface area contributed by atoms with E-state index in [1.165, 1.54) is 0 Å². The van der Waals surface area contributed by atoms with Crippen molar-refractivity contribution in [2.24, 2.45) is 5.92 Å². The number of hydrogen-bond donors (Lipinski definition) is 1. The molecule has 0 spiro atoms. The van der Waals surface area contributed by atoms with E-state index in [2.05, 4.69) is 10.3 Å². The molecule has 0 saturated carbocycles. The predicted molar refractivity (Wildman–Crippen MR) is 73.8 cm³/mol. The van der Waals surface area contributed by atoms with Crippen LogP contribution in [0.5, 0.6) is 0 Å². The first-order chi connectivity index (χ1) is 9.53. The molecule has 0 aliphatic carbocycles. The molecule has 1 saturated heterocycles. The first-order valence-corrected chi connectivity index (χ1v) is 8.26. The largest absolute Gasteiger partial charge is 0.350 e. The summed E-state index contributed by atoms with van der Waals surface area (Å²) in [6.07, 6.45) is 4.15. The number of fused-ring (bicyclic) bond motifs is 1. The van der Waals surface area contributed by atoms with Crippen molar-refractivity contribution in [2.75, 3.05) is 11.5 Å². The molecule has 1 N–H and O–H groups in total. The molecular weight excluding hydrogens is 278 g/mol. The standard InChI is InChI=1S/C13H15N3O3S/c17-13(10-4-6-20(18,19)9-10)14-7-11-8-16-5-2-1-3-12(16)15-11/h1-3,5,8,10H,4,6-7,9H2,(H,14,17). The van der Waals surface area contributed by atoms with Crippen LogP contribution in [0.25, 0.3) is 5.65 Å². The van der Waals surface area contributed by atoms with Gasteiger partial charge in [0.1, 0.15) is 5.65 Å². The lowest BCUT2D eigenvalue weighted by Crippen LogP contribution is -2.31. The summed E-state index contributed by atoms with van der Waals surface area (Å²) in [5.41, 5.74) is 1.57. The number of pyridine rings is 1. The molecule has 1 atom stereocenters. The van der Waals surface area contributed by atoms with Crippen molar-refractivity contribution in [1.29, 1.82) is 0 Å². The minimum Gasteiger partial charge on any atom is -0.350 e. The van der Waals surface area contributed by atoms with Crippen molar-refractivity contribution in [3.05, 3.63) is 36.3 Å². The van der Waals surface area contributed by atoms with E-state index in [1.807, 2.05) is 35.0 Å². The summed E-state index contributed by atoms with van der Waals surface area (Å²) in [5.74, 6) is -0.552. The highest BCUT2D eigenvalue weighted by molar-refractivity contribution is 7.91. The van der Waals surface area contributed by atoms with Crippen LogP contribution in [-0.4, -0.2) is 35.2 Å². The molecule has 0 aromatic carbocycles. The van der Waals surface area contributed by atoms with Crippen molar-refractivity contribution in [3.63, 3.8) is 0 Å². The van der Waals surface area contributed by atoms with Crippen LogP contribution >= 0.6 is 0 Å². The summed E-state index contributed by atoms with van der Waals surface area (Å²) < 4.78 is 24.6.